The lowest BCUT2D eigenvalue weighted by molar-refractivity contribution is -0.529. The van der Waals surface area contributed by atoms with Crippen molar-refractivity contribution in [1.29, 1.82) is 0 Å². The molecule has 0 saturated carbocycles. The molecule has 5 rings (SSSR count). The van der Waals surface area contributed by atoms with Gasteiger partial charge in [-0.2, -0.15) is 0 Å². The number of ether oxygens (including phenoxy) is 3. The number of benzene rings is 3. The van der Waals surface area contributed by atoms with Crippen LogP contribution >= 0.6 is 15.9 Å². The normalized spacial score (nSPS) is 22.6. The molecule has 0 bridgehead atoms. The van der Waals surface area contributed by atoms with Gasteiger partial charge in [-0.25, -0.2) is 0 Å². The lowest BCUT2D eigenvalue weighted by Crippen LogP contribution is -2.43. The van der Waals surface area contributed by atoms with Crippen LogP contribution in [0.25, 0.3) is 0 Å². The second kappa shape index (κ2) is 10.1. The molecule has 4 atom stereocenters. The van der Waals surface area contributed by atoms with Crippen molar-refractivity contribution in [2.45, 2.75) is 30.5 Å². The molecule has 0 spiro atoms. The summed E-state index contributed by atoms with van der Waals surface area (Å²) in [5.74, 6) is 0.845. The fraction of sp³-hybridized carbons (Fsp3) is 0.321. The number of methoxy groups -OCH3 is 3. The van der Waals surface area contributed by atoms with E-state index in [4.69, 9.17) is 14.2 Å². The zero-order valence-corrected chi connectivity index (χ0v) is 22.3. The number of rotatable bonds is 7. The Bertz CT molecular complexity index is 1340. The average molecular weight is 567 g/mol. The van der Waals surface area contributed by atoms with Crippen molar-refractivity contribution in [3.8, 4) is 17.2 Å². The lowest BCUT2D eigenvalue weighted by atomic mass is 9.82. The summed E-state index contributed by atoms with van der Waals surface area (Å²) in [6, 6.07) is 15.7. The van der Waals surface area contributed by atoms with E-state index in [1.165, 1.54) is 0 Å². The molecule has 0 amide bonds. The smallest absolute Gasteiger partial charge is 0.241 e. The first-order valence-corrected chi connectivity index (χ1v) is 12.7. The molecule has 9 heteroatoms. The number of fused-ring (bicyclic) bond motifs is 3. The van der Waals surface area contributed by atoms with E-state index in [1.54, 1.807) is 45.6 Å². The number of Topliss-reactive ketones (excluding diaryl/α,β-unsaturated/α-hetero) is 1. The Morgan fingerprint density at radius 2 is 1.70 bits per heavy atom. The maximum Gasteiger partial charge on any atom is 0.241 e. The highest BCUT2D eigenvalue weighted by Crippen LogP contribution is 2.52. The Labute approximate surface area is 223 Å². The lowest BCUT2D eigenvalue weighted by Gasteiger charge is -2.35. The molecule has 2 aliphatic heterocycles. The number of carbonyl (C=O) groups excluding carboxylic acids is 1. The van der Waals surface area contributed by atoms with Gasteiger partial charge in [0.15, 0.2) is 17.3 Å². The molecular formula is C28H27BrN2O6. The number of ketones is 1. The number of nitrogens with zero attached hydrogens (tertiary/aromatic N) is 2. The molecule has 0 N–H and O–H groups in total. The Kier molecular flexibility index (Phi) is 6.92. The van der Waals surface area contributed by atoms with Crippen LogP contribution in [0.1, 0.15) is 39.0 Å². The van der Waals surface area contributed by atoms with Crippen LogP contribution in [-0.4, -0.2) is 55.6 Å². The molecule has 192 valence electrons. The Hall–Kier alpha value is -3.43. The Morgan fingerprint density at radius 1 is 1.00 bits per heavy atom. The van der Waals surface area contributed by atoms with Crippen LogP contribution in [0.2, 0.25) is 0 Å². The van der Waals surface area contributed by atoms with Crippen LogP contribution in [0.15, 0.2) is 65.1 Å². The number of carbonyl (C=O) groups is 1. The van der Waals surface area contributed by atoms with E-state index in [1.807, 2.05) is 41.3 Å². The van der Waals surface area contributed by atoms with E-state index in [0.29, 0.717) is 41.3 Å². The van der Waals surface area contributed by atoms with Crippen molar-refractivity contribution in [2.24, 2.45) is 0 Å². The first kappa shape index (κ1) is 25.2. The highest BCUT2D eigenvalue weighted by Gasteiger charge is 2.60. The van der Waals surface area contributed by atoms with Gasteiger partial charge in [-0.1, -0.05) is 40.2 Å². The summed E-state index contributed by atoms with van der Waals surface area (Å²) in [6.45, 7) is 0.505. The zero-order chi connectivity index (χ0) is 26.3. The number of hydrogen-bond acceptors (Lipinski definition) is 7. The Morgan fingerprint density at radius 3 is 2.35 bits per heavy atom. The minimum atomic E-state index is -1.06. The quantitative estimate of drug-likeness (QED) is 0.224. The minimum Gasteiger partial charge on any atom is -0.497 e. The summed E-state index contributed by atoms with van der Waals surface area (Å²) in [4.78, 5) is 28.7. The van der Waals surface area contributed by atoms with E-state index in [9.17, 15) is 14.9 Å². The molecule has 8 nitrogen and oxygen atoms in total. The van der Waals surface area contributed by atoms with Gasteiger partial charge in [0.25, 0.3) is 0 Å². The van der Waals surface area contributed by atoms with E-state index < -0.39 is 24.0 Å². The predicted molar refractivity (Wildman–Crippen MR) is 141 cm³/mol. The Balaban J connectivity index is 1.71. The van der Waals surface area contributed by atoms with E-state index in [0.717, 1.165) is 15.6 Å². The van der Waals surface area contributed by atoms with E-state index >= 15 is 0 Å². The first-order valence-electron chi connectivity index (χ1n) is 12.0. The van der Waals surface area contributed by atoms with Gasteiger partial charge < -0.3 is 14.2 Å². The molecule has 37 heavy (non-hydrogen) atoms. The fourth-order valence-electron chi connectivity index (χ4n) is 5.85. The summed E-state index contributed by atoms with van der Waals surface area (Å²) in [6.07, 6.45) is 0.631. The van der Waals surface area contributed by atoms with Crippen LogP contribution in [0, 0.1) is 10.1 Å². The van der Waals surface area contributed by atoms with Crippen molar-refractivity contribution in [3.05, 3.63) is 97.5 Å². The fourth-order valence-corrected chi connectivity index (χ4v) is 6.12. The van der Waals surface area contributed by atoms with Crippen molar-refractivity contribution in [2.75, 3.05) is 27.9 Å². The van der Waals surface area contributed by atoms with Gasteiger partial charge in [0.2, 0.25) is 6.04 Å². The van der Waals surface area contributed by atoms with Crippen molar-refractivity contribution in [1.82, 2.24) is 4.90 Å². The highest BCUT2D eigenvalue weighted by atomic mass is 79.9. The average Bonchev–Trinajstić information content (AvgIpc) is 3.28. The number of halogens is 1. The van der Waals surface area contributed by atoms with Gasteiger partial charge in [0.05, 0.1) is 33.3 Å². The summed E-state index contributed by atoms with van der Waals surface area (Å²) in [5, 5.41) is 12.8. The molecule has 2 heterocycles. The van der Waals surface area contributed by atoms with Crippen molar-refractivity contribution >= 4 is 21.7 Å². The topological polar surface area (TPSA) is 91.1 Å². The summed E-state index contributed by atoms with van der Waals surface area (Å²) >= 11 is 3.42. The molecule has 0 aromatic heterocycles. The molecule has 0 unspecified atom stereocenters. The molecular weight excluding hydrogens is 540 g/mol. The van der Waals surface area contributed by atoms with Crippen LogP contribution in [0.4, 0.5) is 0 Å². The largest absolute Gasteiger partial charge is 0.497 e. The van der Waals surface area contributed by atoms with Gasteiger partial charge in [-0.3, -0.25) is 19.8 Å². The zero-order valence-electron chi connectivity index (χ0n) is 20.7. The summed E-state index contributed by atoms with van der Waals surface area (Å²) in [5.41, 5.74) is 2.98. The van der Waals surface area contributed by atoms with Gasteiger partial charge in [-0.05, 0) is 59.5 Å². The molecule has 0 radical (unpaired) electrons. The van der Waals surface area contributed by atoms with Crippen LogP contribution in [0.3, 0.4) is 0 Å². The molecule has 1 fully saturated rings. The second-order valence-electron chi connectivity index (χ2n) is 9.23. The molecule has 2 aliphatic rings. The van der Waals surface area contributed by atoms with E-state index in [2.05, 4.69) is 15.9 Å². The van der Waals surface area contributed by atoms with E-state index in [-0.39, 0.29) is 10.7 Å². The van der Waals surface area contributed by atoms with Gasteiger partial charge in [0.1, 0.15) is 11.8 Å². The van der Waals surface area contributed by atoms with Crippen molar-refractivity contribution in [3.63, 3.8) is 0 Å². The highest BCUT2D eigenvalue weighted by molar-refractivity contribution is 9.10. The van der Waals surface area contributed by atoms with Crippen LogP contribution in [0.5, 0.6) is 17.2 Å². The molecule has 3 aromatic carbocycles. The molecule has 3 aromatic rings. The maximum absolute atomic E-state index is 14.1. The SMILES string of the molecule is COc1cccc([C@@H]2[C@@H]([N+](=O)[O-])[C@H]3c4cc(OC)c(OC)cc4CCN3[C@@H]2C(=O)c2ccc(Br)cc2)c1. The van der Waals surface area contributed by atoms with Crippen molar-refractivity contribution < 1.29 is 23.9 Å². The third-order valence-corrected chi connectivity index (χ3v) is 8.00. The van der Waals surface area contributed by atoms with Gasteiger partial charge >= 0.3 is 0 Å². The number of nitro groups is 1. The third-order valence-electron chi connectivity index (χ3n) is 7.47. The second-order valence-corrected chi connectivity index (χ2v) is 10.1. The predicted octanol–water partition coefficient (Wildman–Crippen LogP) is 5.07. The van der Waals surface area contributed by atoms with Gasteiger partial charge in [0, 0.05) is 21.5 Å². The number of hydrogen-bond donors (Lipinski definition) is 0. The summed E-state index contributed by atoms with van der Waals surface area (Å²) in [7, 11) is 4.67. The maximum atomic E-state index is 14.1. The monoisotopic (exact) mass is 566 g/mol. The molecule has 0 aliphatic carbocycles. The first-order chi connectivity index (χ1) is 17.9. The van der Waals surface area contributed by atoms with Gasteiger partial charge in [-0.15, -0.1) is 0 Å². The third kappa shape index (κ3) is 4.36. The van der Waals surface area contributed by atoms with Crippen LogP contribution in [-0.2, 0) is 6.42 Å². The minimum absolute atomic E-state index is 0.140. The van der Waals surface area contributed by atoms with Crippen LogP contribution < -0.4 is 14.2 Å². The standard InChI is InChI=1S/C28H27BrN2O6/c1-35-20-6-4-5-18(13-20)24-26(31(33)34)25-21-15-23(37-3)22(36-2)14-17(21)11-12-30(25)27(24)28(32)16-7-9-19(29)10-8-16/h4-10,13-15,24-27H,11-12H2,1-3H3/t24-,25-,26-,27+/m1/s1. The summed E-state index contributed by atoms with van der Waals surface area (Å²) < 4.78 is 17.3. The molecule has 1 saturated heterocycles.